The van der Waals surface area contributed by atoms with Crippen molar-refractivity contribution in [2.24, 2.45) is 5.73 Å². The number of anilines is 1. The molecule has 1 aromatic carbocycles. The van der Waals surface area contributed by atoms with Gasteiger partial charge in [0.05, 0.1) is 11.9 Å². The van der Waals surface area contributed by atoms with Crippen molar-refractivity contribution in [3.63, 3.8) is 0 Å². The van der Waals surface area contributed by atoms with Crippen molar-refractivity contribution in [1.29, 1.82) is 0 Å². The Labute approximate surface area is 176 Å². The molecule has 0 saturated heterocycles. The summed E-state index contributed by atoms with van der Waals surface area (Å²) in [5, 5.41) is 2.80. The van der Waals surface area contributed by atoms with E-state index in [4.69, 9.17) is 9.92 Å². The third-order valence-electron chi connectivity index (χ3n) is 4.02. The number of hydrogen-bond acceptors (Lipinski definition) is 6. The van der Waals surface area contributed by atoms with Crippen LogP contribution in [-0.2, 0) is 25.5 Å². The minimum Gasteiger partial charge on any atom is -0.348 e. The molecule has 7 nitrogen and oxygen atoms in total. The van der Waals surface area contributed by atoms with Crippen LogP contribution in [0, 0.1) is 6.92 Å². The van der Waals surface area contributed by atoms with Crippen LogP contribution >= 0.6 is 12.0 Å². The fourth-order valence-electron chi connectivity index (χ4n) is 2.57. The van der Waals surface area contributed by atoms with E-state index >= 15 is 0 Å². The Morgan fingerprint density at radius 2 is 2.14 bits per heavy atom. The van der Waals surface area contributed by atoms with Gasteiger partial charge in [0.15, 0.2) is 5.72 Å². The molecule has 0 spiro atoms. The molecule has 0 saturated carbocycles. The molecule has 0 aliphatic heterocycles. The van der Waals surface area contributed by atoms with Crippen molar-refractivity contribution in [3.05, 3.63) is 65.3 Å². The third-order valence-corrected chi connectivity index (χ3v) is 5.58. The van der Waals surface area contributed by atoms with Crippen LogP contribution in [0.25, 0.3) is 0 Å². The Balaban J connectivity index is 1.90. The summed E-state index contributed by atoms with van der Waals surface area (Å²) in [5.74, 6) is 0.569. The lowest BCUT2D eigenvalue weighted by Crippen LogP contribution is -2.39. The van der Waals surface area contributed by atoms with Gasteiger partial charge in [-0.25, -0.2) is 8.42 Å². The van der Waals surface area contributed by atoms with E-state index in [1.54, 1.807) is 37.3 Å². The summed E-state index contributed by atoms with van der Waals surface area (Å²) >= 11 is 1.31. The quantitative estimate of drug-likeness (QED) is 0.225. The average Bonchev–Trinajstić information content (AvgIpc) is 3.00. The van der Waals surface area contributed by atoms with Crippen LogP contribution in [0.1, 0.15) is 24.5 Å². The van der Waals surface area contributed by atoms with Crippen LogP contribution in [0.15, 0.2) is 54.2 Å². The van der Waals surface area contributed by atoms with E-state index in [1.807, 2.05) is 12.1 Å². The second-order valence-electron chi connectivity index (χ2n) is 6.75. The molecule has 9 heteroatoms. The standard InChI is InChI=1S/C20H27N3O4S2/c1-4-12-28-27-20(21)11-5-6-17(20)8-10-19(24)22-14-16-7-9-18(15(2)13-16)23-29(3,25)26/h5-11,13,23H,4,12,14,21H2,1-3H3,(H,22,24)/b10-8+. The molecule has 0 fully saturated rings. The summed E-state index contributed by atoms with van der Waals surface area (Å²) < 4.78 is 30.8. The van der Waals surface area contributed by atoms with E-state index in [0.29, 0.717) is 17.8 Å². The summed E-state index contributed by atoms with van der Waals surface area (Å²) in [6, 6.07) is 5.26. The van der Waals surface area contributed by atoms with Gasteiger partial charge >= 0.3 is 0 Å². The number of rotatable bonds is 10. The molecule has 4 N–H and O–H groups in total. The smallest absolute Gasteiger partial charge is 0.244 e. The van der Waals surface area contributed by atoms with Crippen LogP contribution in [-0.4, -0.2) is 32.1 Å². The van der Waals surface area contributed by atoms with Crippen LogP contribution in [0.5, 0.6) is 0 Å². The van der Waals surface area contributed by atoms with Gasteiger partial charge in [0, 0.05) is 23.9 Å². The number of sulfonamides is 1. The first-order chi connectivity index (χ1) is 13.6. The van der Waals surface area contributed by atoms with Crippen molar-refractivity contribution >= 4 is 33.7 Å². The zero-order valence-electron chi connectivity index (χ0n) is 16.8. The van der Waals surface area contributed by atoms with Gasteiger partial charge in [-0.3, -0.25) is 19.4 Å². The van der Waals surface area contributed by atoms with Crippen LogP contribution < -0.4 is 15.8 Å². The molecule has 2 rings (SSSR count). The monoisotopic (exact) mass is 437 g/mol. The van der Waals surface area contributed by atoms with Gasteiger partial charge in [-0.15, -0.1) is 0 Å². The zero-order valence-corrected chi connectivity index (χ0v) is 18.4. The number of aryl methyl sites for hydroxylation is 1. The lowest BCUT2D eigenvalue weighted by atomic mass is 10.1. The van der Waals surface area contributed by atoms with Gasteiger partial charge in [0.25, 0.3) is 0 Å². The molecule has 1 atom stereocenters. The van der Waals surface area contributed by atoms with Gasteiger partial charge in [-0.1, -0.05) is 31.2 Å². The summed E-state index contributed by atoms with van der Waals surface area (Å²) in [6.45, 7) is 4.18. The Morgan fingerprint density at radius 1 is 1.38 bits per heavy atom. The Morgan fingerprint density at radius 3 is 2.79 bits per heavy atom. The minimum absolute atomic E-state index is 0.266. The molecule has 0 bridgehead atoms. The predicted octanol–water partition coefficient (Wildman–Crippen LogP) is 2.76. The van der Waals surface area contributed by atoms with Crippen molar-refractivity contribution in [1.82, 2.24) is 5.32 Å². The molecule has 29 heavy (non-hydrogen) atoms. The van der Waals surface area contributed by atoms with Crippen molar-refractivity contribution in [2.75, 3.05) is 16.7 Å². The van der Waals surface area contributed by atoms with Crippen LogP contribution in [0.3, 0.4) is 0 Å². The topological polar surface area (TPSA) is 111 Å². The first-order valence-electron chi connectivity index (χ1n) is 9.15. The number of nitrogens with two attached hydrogens (primary N) is 1. The number of carbonyl (C=O) groups excluding carboxylic acids is 1. The first kappa shape index (κ1) is 23.2. The van der Waals surface area contributed by atoms with Gasteiger partial charge in [0.1, 0.15) is 0 Å². The molecule has 1 aliphatic rings. The van der Waals surface area contributed by atoms with Gasteiger partial charge in [-0.05, 0) is 54.7 Å². The van der Waals surface area contributed by atoms with Gasteiger partial charge in [-0.2, -0.15) is 0 Å². The second-order valence-corrected chi connectivity index (χ2v) is 9.31. The second kappa shape index (κ2) is 10.1. The zero-order chi connectivity index (χ0) is 21.5. The third kappa shape index (κ3) is 7.36. The van der Waals surface area contributed by atoms with E-state index in [2.05, 4.69) is 17.0 Å². The fourth-order valence-corrected chi connectivity index (χ4v) is 3.79. The Kier molecular flexibility index (Phi) is 8.09. The summed E-state index contributed by atoms with van der Waals surface area (Å²) in [5.41, 5.74) is 8.05. The lowest BCUT2D eigenvalue weighted by Gasteiger charge is -2.23. The highest BCUT2D eigenvalue weighted by molar-refractivity contribution is 7.94. The largest absolute Gasteiger partial charge is 0.348 e. The Bertz CT molecular complexity index is 939. The highest BCUT2D eigenvalue weighted by Crippen LogP contribution is 2.28. The summed E-state index contributed by atoms with van der Waals surface area (Å²) in [7, 11) is -3.33. The van der Waals surface area contributed by atoms with Crippen molar-refractivity contribution in [2.45, 2.75) is 32.5 Å². The summed E-state index contributed by atoms with van der Waals surface area (Å²) in [6.07, 6.45) is 10.5. The average molecular weight is 438 g/mol. The maximum absolute atomic E-state index is 12.2. The maximum Gasteiger partial charge on any atom is 0.244 e. The highest BCUT2D eigenvalue weighted by atomic mass is 32.2. The van der Waals surface area contributed by atoms with Crippen LogP contribution in [0.2, 0.25) is 0 Å². The maximum atomic E-state index is 12.2. The number of hydrogen-bond donors (Lipinski definition) is 3. The van der Waals surface area contributed by atoms with Gasteiger partial charge in [0.2, 0.25) is 15.9 Å². The van der Waals surface area contributed by atoms with E-state index in [0.717, 1.165) is 29.6 Å². The molecule has 1 unspecified atom stereocenters. The number of benzene rings is 1. The molecular weight excluding hydrogens is 410 g/mol. The molecule has 1 amide bonds. The normalized spacial score (nSPS) is 18.8. The highest BCUT2D eigenvalue weighted by Gasteiger charge is 2.29. The van der Waals surface area contributed by atoms with Crippen molar-refractivity contribution < 1.29 is 17.4 Å². The molecule has 0 aromatic heterocycles. The number of amides is 1. The van der Waals surface area contributed by atoms with Gasteiger partial charge < -0.3 is 5.32 Å². The molecular formula is C20H27N3O4S2. The van der Waals surface area contributed by atoms with E-state index in [9.17, 15) is 13.2 Å². The SMILES string of the molecule is CCCSOC1(N)C=CC=C1/C=C/C(=O)NCc1ccc(NS(C)(=O)=O)c(C)c1. The number of carbonyl (C=O) groups is 1. The van der Waals surface area contributed by atoms with E-state index in [1.165, 1.54) is 18.1 Å². The fraction of sp³-hybridized carbons (Fsp3) is 0.350. The van der Waals surface area contributed by atoms with Crippen molar-refractivity contribution in [3.8, 4) is 0 Å². The molecule has 158 valence electrons. The van der Waals surface area contributed by atoms with Crippen LogP contribution in [0.4, 0.5) is 5.69 Å². The Hall–Kier alpha value is -2.07. The molecule has 1 aromatic rings. The number of nitrogens with one attached hydrogen (secondary N) is 2. The minimum atomic E-state index is -3.33. The predicted molar refractivity (Wildman–Crippen MR) is 119 cm³/mol. The first-order valence-corrected chi connectivity index (χ1v) is 12.0. The molecule has 1 aliphatic carbocycles. The molecule has 0 heterocycles. The molecule has 0 radical (unpaired) electrons. The summed E-state index contributed by atoms with van der Waals surface area (Å²) in [4.78, 5) is 12.2. The van der Waals surface area contributed by atoms with E-state index < -0.39 is 15.7 Å². The lowest BCUT2D eigenvalue weighted by molar-refractivity contribution is -0.116. The number of allylic oxidation sites excluding steroid dienone is 2. The van der Waals surface area contributed by atoms with E-state index in [-0.39, 0.29) is 5.91 Å².